The molecule has 0 spiro atoms. The second-order valence-electron chi connectivity index (χ2n) is 3.18. The van der Waals surface area contributed by atoms with Crippen molar-refractivity contribution < 1.29 is 4.79 Å². The summed E-state index contributed by atoms with van der Waals surface area (Å²) >= 11 is 0. The van der Waals surface area contributed by atoms with Gasteiger partial charge in [0.05, 0.1) is 0 Å². The van der Waals surface area contributed by atoms with Crippen LogP contribution in [0.15, 0.2) is 28.4 Å². The lowest BCUT2D eigenvalue weighted by molar-refractivity contribution is -0.110. The monoisotopic (exact) mass is 194 g/mol. The van der Waals surface area contributed by atoms with Crippen LogP contribution in [0, 0.1) is 0 Å². The summed E-state index contributed by atoms with van der Waals surface area (Å²) in [7, 11) is 5.46. The van der Waals surface area contributed by atoms with Gasteiger partial charge in [-0.05, 0) is 13.8 Å². The van der Waals surface area contributed by atoms with Crippen LogP contribution in [-0.2, 0) is 4.79 Å². The Labute approximate surface area is 85.8 Å². The smallest absolute Gasteiger partial charge is 0.188 e. The first-order valence-electron chi connectivity index (χ1n) is 4.51. The maximum atomic E-state index is 11.6. The number of ketones is 1. The summed E-state index contributed by atoms with van der Waals surface area (Å²) in [6.45, 7) is 3.72. The quantitative estimate of drug-likeness (QED) is 0.503. The van der Waals surface area contributed by atoms with Crippen molar-refractivity contribution in [2.45, 2.75) is 13.8 Å². The molecular formula is C11H18N2O. The van der Waals surface area contributed by atoms with Crippen LogP contribution in [0.4, 0.5) is 0 Å². The van der Waals surface area contributed by atoms with Gasteiger partial charge in [-0.2, -0.15) is 0 Å². The van der Waals surface area contributed by atoms with Gasteiger partial charge in [-0.3, -0.25) is 9.79 Å². The molecule has 0 saturated carbocycles. The van der Waals surface area contributed by atoms with E-state index in [1.807, 2.05) is 32.8 Å². The van der Waals surface area contributed by atoms with E-state index in [0.29, 0.717) is 5.57 Å². The van der Waals surface area contributed by atoms with Gasteiger partial charge in [0, 0.05) is 44.7 Å². The van der Waals surface area contributed by atoms with Crippen molar-refractivity contribution in [1.29, 1.82) is 0 Å². The maximum Gasteiger partial charge on any atom is 0.188 e. The molecule has 0 unspecified atom stereocenters. The molecule has 0 aromatic heterocycles. The molecule has 0 N–H and O–H groups in total. The third-order valence-corrected chi connectivity index (χ3v) is 1.91. The Morgan fingerprint density at radius 2 is 1.93 bits per heavy atom. The average molecular weight is 194 g/mol. The summed E-state index contributed by atoms with van der Waals surface area (Å²) in [5.74, 6) is -0.00991. The molecule has 0 aliphatic carbocycles. The minimum atomic E-state index is -0.00991. The fourth-order valence-electron chi connectivity index (χ4n) is 0.822. The summed E-state index contributed by atoms with van der Waals surface area (Å²) < 4.78 is 0. The predicted molar refractivity (Wildman–Crippen MR) is 60.6 cm³/mol. The molecule has 0 saturated heterocycles. The lowest BCUT2D eigenvalue weighted by atomic mass is 10.1. The van der Waals surface area contributed by atoms with Gasteiger partial charge in [0.15, 0.2) is 5.78 Å². The van der Waals surface area contributed by atoms with Gasteiger partial charge in [-0.1, -0.05) is 6.08 Å². The van der Waals surface area contributed by atoms with Crippen molar-refractivity contribution >= 4 is 12.0 Å². The first kappa shape index (κ1) is 12.6. The molecule has 0 atom stereocenters. The van der Waals surface area contributed by atoms with E-state index in [-0.39, 0.29) is 5.78 Å². The first-order valence-corrected chi connectivity index (χ1v) is 4.51. The van der Waals surface area contributed by atoms with Crippen LogP contribution in [0.2, 0.25) is 0 Å². The number of carbonyl (C=O) groups is 1. The van der Waals surface area contributed by atoms with E-state index in [1.54, 1.807) is 25.4 Å². The van der Waals surface area contributed by atoms with Crippen LogP contribution in [0.3, 0.4) is 0 Å². The van der Waals surface area contributed by atoms with E-state index < -0.39 is 0 Å². The lowest BCUT2D eigenvalue weighted by Gasteiger charge is -2.11. The Balaban J connectivity index is 4.71. The highest BCUT2D eigenvalue weighted by Gasteiger charge is 2.03. The Bertz CT molecular complexity index is 286. The van der Waals surface area contributed by atoms with E-state index in [2.05, 4.69) is 4.99 Å². The molecule has 0 bridgehead atoms. The van der Waals surface area contributed by atoms with Crippen LogP contribution >= 0.6 is 0 Å². The number of hydrogen-bond acceptors (Lipinski definition) is 3. The van der Waals surface area contributed by atoms with Crippen molar-refractivity contribution in [3.8, 4) is 0 Å². The normalized spacial score (nSPS) is 13.5. The standard InChI is InChI=1S/C11H18N2O/c1-6-10(8-12-3)11(14)7-9(2)13(4)5/h6-8H,1-5H3/b9-7+,10-6+,12-8?. The van der Waals surface area contributed by atoms with E-state index in [0.717, 1.165) is 5.70 Å². The Morgan fingerprint density at radius 3 is 2.29 bits per heavy atom. The van der Waals surface area contributed by atoms with Gasteiger partial charge in [0.1, 0.15) is 0 Å². The zero-order chi connectivity index (χ0) is 11.1. The fraction of sp³-hybridized carbons (Fsp3) is 0.455. The molecule has 0 rings (SSSR count). The Kier molecular flexibility index (Phi) is 5.53. The topological polar surface area (TPSA) is 32.7 Å². The van der Waals surface area contributed by atoms with Crippen molar-refractivity contribution in [3.63, 3.8) is 0 Å². The molecule has 0 heterocycles. The SMILES string of the molecule is C/C=C(\C=NC)C(=O)/C=C(\C)N(C)C. The van der Waals surface area contributed by atoms with E-state index in [4.69, 9.17) is 0 Å². The number of nitrogens with zero attached hydrogens (tertiary/aromatic N) is 2. The second kappa shape index (κ2) is 6.13. The number of hydrogen-bond donors (Lipinski definition) is 0. The van der Waals surface area contributed by atoms with Crippen molar-refractivity contribution in [2.24, 2.45) is 4.99 Å². The summed E-state index contributed by atoms with van der Waals surface area (Å²) in [6.07, 6.45) is 4.94. The first-order chi connectivity index (χ1) is 6.52. The summed E-state index contributed by atoms with van der Waals surface area (Å²) in [4.78, 5) is 17.3. The molecule has 3 nitrogen and oxygen atoms in total. The Hall–Kier alpha value is -1.38. The van der Waals surface area contributed by atoms with Crippen molar-refractivity contribution in [1.82, 2.24) is 4.90 Å². The zero-order valence-corrected chi connectivity index (χ0v) is 9.53. The van der Waals surface area contributed by atoms with E-state index in [1.165, 1.54) is 0 Å². The number of carbonyl (C=O) groups excluding carboxylic acids is 1. The molecule has 0 aromatic rings. The van der Waals surface area contributed by atoms with Crippen LogP contribution in [0.5, 0.6) is 0 Å². The van der Waals surface area contributed by atoms with Gasteiger partial charge < -0.3 is 4.90 Å². The molecule has 0 amide bonds. The molecule has 0 aliphatic rings. The second-order valence-corrected chi connectivity index (χ2v) is 3.18. The van der Waals surface area contributed by atoms with Gasteiger partial charge in [-0.25, -0.2) is 0 Å². The van der Waals surface area contributed by atoms with Gasteiger partial charge in [0.25, 0.3) is 0 Å². The fourth-order valence-corrected chi connectivity index (χ4v) is 0.822. The Morgan fingerprint density at radius 1 is 1.36 bits per heavy atom. The van der Waals surface area contributed by atoms with Gasteiger partial charge >= 0.3 is 0 Å². The molecular weight excluding hydrogens is 176 g/mol. The van der Waals surface area contributed by atoms with Crippen LogP contribution < -0.4 is 0 Å². The molecule has 0 radical (unpaired) electrons. The highest BCUT2D eigenvalue weighted by atomic mass is 16.1. The van der Waals surface area contributed by atoms with Crippen molar-refractivity contribution in [2.75, 3.05) is 21.1 Å². The highest BCUT2D eigenvalue weighted by Crippen LogP contribution is 2.01. The zero-order valence-electron chi connectivity index (χ0n) is 9.53. The predicted octanol–water partition coefficient (Wildman–Crippen LogP) is 1.67. The van der Waals surface area contributed by atoms with E-state index in [9.17, 15) is 4.79 Å². The summed E-state index contributed by atoms with van der Waals surface area (Å²) in [5, 5.41) is 0. The van der Waals surface area contributed by atoms with Crippen molar-refractivity contribution in [3.05, 3.63) is 23.4 Å². The minimum absolute atomic E-state index is 0.00991. The summed E-state index contributed by atoms with van der Waals surface area (Å²) in [5.41, 5.74) is 1.55. The van der Waals surface area contributed by atoms with Crippen LogP contribution in [-0.4, -0.2) is 38.0 Å². The minimum Gasteiger partial charge on any atom is -0.381 e. The molecule has 0 aliphatic heterocycles. The number of aliphatic imine (C=N–C) groups is 1. The summed E-state index contributed by atoms with van der Waals surface area (Å²) in [6, 6.07) is 0. The molecule has 0 fully saturated rings. The molecule has 3 heteroatoms. The largest absolute Gasteiger partial charge is 0.381 e. The number of allylic oxidation sites excluding steroid dienone is 4. The molecule has 78 valence electrons. The highest BCUT2D eigenvalue weighted by molar-refractivity contribution is 6.18. The maximum absolute atomic E-state index is 11.6. The van der Waals surface area contributed by atoms with E-state index >= 15 is 0 Å². The third kappa shape index (κ3) is 4.03. The van der Waals surface area contributed by atoms with Gasteiger partial charge in [-0.15, -0.1) is 0 Å². The third-order valence-electron chi connectivity index (χ3n) is 1.91. The van der Waals surface area contributed by atoms with Gasteiger partial charge in [0.2, 0.25) is 0 Å². The average Bonchev–Trinajstić information content (AvgIpc) is 2.13. The van der Waals surface area contributed by atoms with Crippen LogP contribution in [0.25, 0.3) is 0 Å². The van der Waals surface area contributed by atoms with Crippen LogP contribution in [0.1, 0.15) is 13.8 Å². The molecule has 14 heavy (non-hydrogen) atoms. The molecule has 0 aromatic carbocycles. The number of rotatable bonds is 4. The lowest BCUT2D eigenvalue weighted by Crippen LogP contribution is -2.11.